The van der Waals surface area contributed by atoms with E-state index >= 15 is 0 Å². The topological polar surface area (TPSA) is 81.4 Å². The molecule has 0 atom stereocenters. The molecule has 0 spiro atoms. The van der Waals surface area contributed by atoms with Crippen LogP contribution in [0.2, 0.25) is 0 Å². The van der Waals surface area contributed by atoms with Crippen LogP contribution in [0, 0.1) is 11.6 Å². The SMILES string of the molecule is NC(=O)CONC(=O)c1ccc(F)cc1F. The summed E-state index contributed by atoms with van der Waals surface area (Å²) in [7, 11) is 0. The van der Waals surface area contributed by atoms with Crippen molar-refractivity contribution in [2.75, 3.05) is 6.61 Å². The van der Waals surface area contributed by atoms with Gasteiger partial charge in [-0.25, -0.2) is 14.3 Å². The van der Waals surface area contributed by atoms with Gasteiger partial charge in [0.05, 0.1) is 5.56 Å². The maximum absolute atomic E-state index is 13.0. The van der Waals surface area contributed by atoms with E-state index in [1.165, 1.54) is 0 Å². The number of primary amides is 1. The number of carbonyl (C=O) groups is 2. The van der Waals surface area contributed by atoms with Crippen LogP contribution in [0.15, 0.2) is 18.2 Å². The average molecular weight is 230 g/mol. The number of carbonyl (C=O) groups excluding carboxylic acids is 2. The Hall–Kier alpha value is -2.02. The van der Waals surface area contributed by atoms with E-state index in [-0.39, 0.29) is 0 Å². The highest BCUT2D eigenvalue weighted by atomic mass is 19.1. The largest absolute Gasteiger partial charge is 0.368 e. The average Bonchev–Trinajstić information content (AvgIpc) is 2.16. The lowest BCUT2D eigenvalue weighted by molar-refractivity contribution is -0.124. The highest BCUT2D eigenvalue weighted by molar-refractivity contribution is 5.93. The van der Waals surface area contributed by atoms with Crippen LogP contribution in [0.5, 0.6) is 0 Å². The Balaban J connectivity index is 2.63. The van der Waals surface area contributed by atoms with Crippen molar-refractivity contribution in [2.45, 2.75) is 0 Å². The zero-order chi connectivity index (χ0) is 12.1. The number of halogens is 2. The van der Waals surface area contributed by atoms with Crippen molar-refractivity contribution >= 4 is 11.8 Å². The number of hydrogen-bond acceptors (Lipinski definition) is 3. The molecule has 0 radical (unpaired) electrons. The lowest BCUT2D eigenvalue weighted by Crippen LogP contribution is -2.29. The van der Waals surface area contributed by atoms with E-state index in [2.05, 4.69) is 4.84 Å². The Morgan fingerprint density at radius 2 is 2.06 bits per heavy atom. The molecule has 0 bridgehead atoms. The third kappa shape index (κ3) is 3.28. The molecular formula is C9H8F2N2O3. The first-order valence-corrected chi connectivity index (χ1v) is 4.16. The highest BCUT2D eigenvalue weighted by Crippen LogP contribution is 2.08. The molecule has 0 aliphatic heterocycles. The van der Waals surface area contributed by atoms with Crippen LogP contribution >= 0.6 is 0 Å². The number of hydroxylamine groups is 1. The van der Waals surface area contributed by atoms with Crippen molar-refractivity contribution in [3.63, 3.8) is 0 Å². The van der Waals surface area contributed by atoms with Crippen molar-refractivity contribution < 1.29 is 23.2 Å². The minimum absolute atomic E-state index is 0.397. The molecule has 0 unspecified atom stereocenters. The van der Waals surface area contributed by atoms with Gasteiger partial charge in [-0.2, -0.15) is 0 Å². The van der Waals surface area contributed by atoms with Gasteiger partial charge in [-0.05, 0) is 12.1 Å². The fraction of sp³-hybridized carbons (Fsp3) is 0.111. The molecule has 3 N–H and O–H groups in total. The van der Waals surface area contributed by atoms with Crippen molar-refractivity contribution in [1.82, 2.24) is 5.48 Å². The Morgan fingerprint density at radius 1 is 1.38 bits per heavy atom. The molecule has 1 rings (SSSR count). The maximum atomic E-state index is 13.0. The number of nitrogens with one attached hydrogen (secondary N) is 1. The van der Waals surface area contributed by atoms with Crippen molar-refractivity contribution in [1.29, 1.82) is 0 Å². The zero-order valence-corrected chi connectivity index (χ0v) is 8.00. The third-order valence-corrected chi connectivity index (χ3v) is 1.56. The second-order valence-corrected chi connectivity index (χ2v) is 2.81. The van der Waals surface area contributed by atoms with Crippen LogP contribution in [0.4, 0.5) is 8.78 Å². The van der Waals surface area contributed by atoms with E-state index < -0.39 is 35.6 Å². The molecule has 0 saturated carbocycles. The minimum atomic E-state index is -1.03. The molecule has 0 fully saturated rings. The van der Waals surface area contributed by atoms with E-state index in [4.69, 9.17) is 5.73 Å². The summed E-state index contributed by atoms with van der Waals surface area (Å²) in [6.45, 7) is -0.533. The Labute approximate surface area is 89.1 Å². The van der Waals surface area contributed by atoms with Gasteiger partial charge in [0.2, 0.25) is 5.91 Å². The quantitative estimate of drug-likeness (QED) is 0.720. The summed E-state index contributed by atoms with van der Waals surface area (Å²) in [6.07, 6.45) is 0. The lowest BCUT2D eigenvalue weighted by Gasteiger charge is -2.04. The molecule has 5 nitrogen and oxygen atoms in total. The molecule has 2 amide bonds. The summed E-state index contributed by atoms with van der Waals surface area (Å²) < 4.78 is 25.5. The fourth-order valence-electron chi connectivity index (χ4n) is 0.901. The van der Waals surface area contributed by atoms with E-state index in [0.29, 0.717) is 6.07 Å². The Kier molecular flexibility index (Phi) is 3.90. The van der Waals surface area contributed by atoms with Crippen LogP contribution in [-0.2, 0) is 9.63 Å². The predicted molar refractivity (Wildman–Crippen MR) is 49.0 cm³/mol. The van der Waals surface area contributed by atoms with Gasteiger partial charge in [-0.1, -0.05) is 0 Å². The molecule has 1 aromatic carbocycles. The van der Waals surface area contributed by atoms with Gasteiger partial charge in [0.15, 0.2) is 6.61 Å². The number of benzene rings is 1. The summed E-state index contributed by atoms with van der Waals surface area (Å²) in [6, 6.07) is 2.43. The molecule has 86 valence electrons. The van der Waals surface area contributed by atoms with Gasteiger partial charge in [-0.3, -0.25) is 14.4 Å². The lowest BCUT2D eigenvalue weighted by atomic mass is 10.2. The third-order valence-electron chi connectivity index (χ3n) is 1.56. The van der Waals surface area contributed by atoms with Gasteiger partial charge in [0, 0.05) is 6.07 Å². The second-order valence-electron chi connectivity index (χ2n) is 2.81. The Morgan fingerprint density at radius 3 is 2.62 bits per heavy atom. The first-order valence-electron chi connectivity index (χ1n) is 4.16. The van der Waals surface area contributed by atoms with Gasteiger partial charge in [-0.15, -0.1) is 0 Å². The first-order chi connectivity index (χ1) is 7.50. The van der Waals surface area contributed by atoms with E-state index in [1.54, 1.807) is 5.48 Å². The van der Waals surface area contributed by atoms with Crippen LogP contribution < -0.4 is 11.2 Å². The first kappa shape index (κ1) is 12.1. The van der Waals surface area contributed by atoms with Crippen molar-refractivity contribution in [3.8, 4) is 0 Å². The summed E-state index contributed by atoms with van der Waals surface area (Å²) >= 11 is 0. The zero-order valence-electron chi connectivity index (χ0n) is 8.00. The molecule has 1 aromatic rings. The predicted octanol–water partition coefficient (Wildman–Crippen LogP) is 0.112. The fourth-order valence-corrected chi connectivity index (χ4v) is 0.901. The monoisotopic (exact) mass is 230 g/mol. The van der Waals surface area contributed by atoms with Gasteiger partial charge >= 0.3 is 0 Å². The normalized spacial score (nSPS) is 9.88. The molecule has 0 aliphatic rings. The number of rotatable bonds is 4. The molecule has 0 heterocycles. The van der Waals surface area contributed by atoms with Crippen LogP contribution in [0.1, 0.15) is 10.4 Å². The maximum Gasteiger partial charge on any atom is 0.277 e. The Bertz CT molecular complexity index is 423. The summed E-state index contributed by atoms with van der Waals surface area (Å²) in [5.74, 6) is -3.55. The van der Waals surface area contributed by atoms with Crippen LogP contribution in [0.3, 0.4) is 0 Å². The van der Waals surface area contributed by atoms with Crippen molar-refractivity contribution in [3.05, 3.63) is 35.4 Å². The van der Waals surface area contributed by atoms with E-state index in [1.807, 2.05) is 0 Å². The smallest absolute Gasteiger partial charge is 0.277 e. The second kappa shape index (κ2) is 5.17. The molecule has 0 saturated heterocycles. The summed E-state index contributed by atoms with van der Waals surface area (Å²) in [4.78, 5) is 25.8. The van der Waals surface area contributed by atoms with Gasteiger partial charge < -0.3 is 5.73 Å². The van der Waals surface area contributed by atoms with Gasteiger partial charge in [0.1, 0.15) is 11.6 Å². The molecule has 16 heavy (non-hydrogen) atoms. The van der Waals surface area contributed by atoms with E-state index in [0.717, 1.165) is 12.1 Å². The molecule has 7 heteroatoms. The molecule has 0 aromatic heterocycles. The van der Waals surface area contributed by atoms with Crippen LogP contribution in [0.25, 0.3) is 0 Å². The van der Waals surface area contributed by atoms with E-state index in [9.17, 15) is 18.4 Å². The molecule has 0 aliphatic carbocycles. The van der Waals surface area contributed by atoms with Crippen LogP contribution in [-0.4, -0.2) is 18.4 Å². The van der Waals surface area contributed by atoms with Crippen molar-refractivity contribution in [2.24, 2.45) is 5.73 Å². The number of hydrogen-bond donors (Lipinski definition) is 2. The molecular weight excluding hydrogens is 222 g/mol. The minimum Gasteiger partial charge on any atom is -0.368 e. The van der Waals surface area contributed by atoms with Gasteiger partial charge in [0.25, 0.3) is 5.91 Å². The summed E-state index contributed by atoms with van der Waals surface area (Å²) in [5, 5.41) is 0. The highest BCUT2D eigenvalue weighted by Gasteiger charge is 2.12. The standard InChI is InChI=1S/C9H8F2N2O3/c10-5-1-2-6(7(11)3-5)9(15)13-16-4-8(12)14/h1-3H,4H2,(H2,12,14)(H,13,15). The summed E-state index contributed by atoms with van der Waals surface area (Å²) in [5.41, 5.74) is 6.12. The number of amides is 2. The number of nitrogens with two attached hydrogens (primary N) is 1.